The summed E-state index contributed by atoms with van der Waals surface area (Å²) in [6, 6.07) is 1.67. The van der Waals surface area contributed by atoms with Crippen LogP contribution in [0.2, 0.25) is 0 Å². The van der Waals surface area contributed by atoms with Gasteiger partial charge in [-0.2, -0.15) is 4.31 Å². The number of nitrogens with zero attached hydrogens (tertiary/aromatic N) is 1. The van der Waals surface area contributed by atoms with Gasteiger partial charge in [0.1, 0.15) is 4.21 Å². The normalized spacial score (nSPS) is 12.3. The van der Waals surface area contributed by atoms with E-state index >= 15 is 0 Å². The smallest absolute Gasteiger partial charge is 0.252 e. The van der Waals surface area contributed by atoms with Gasteiger partial charge in [0, 0.05) is 20.7 Å². The van der Waals surface area contributed by atoms with E-state index in [4.69, 9.17) is 4.74 Å². The van der Waals surface area contributed by atoms with Gasteiger partial charge in [-0.15, -0.1) is 11.3 Å². The molecular formula is C9H14BrNO3S2. The summed E-state index contributed by atoms with van der Waals surface area (Å²) in [5.41, 5.74) is 0.934. The monoisotopic (exact) mass is 327 g/mol. The van der Waals surface area contributed by atoms with Gasteiger partial charge in [0.15, 0.2) is 0 Å². The lowest BCUT2D eigenvalue weighted by atomic mass is 10.4. The summed E-state index contributed by atoms with van der Waals surface area (Å²) in [5, 5.41) is 0. The zero-order valence-electron chi connectivity index (χ0n) is 9.36. The SMILES string of the molecule is COCCN(C)S(=O)(=O)c1cc(C)c(Br)s1. The summed E-state index contributed by atoms with van der Waals surface area (Å²) < 4.78 is 31.5. The van der Waals surface area contributed by atoms with E-state index in [-0.39, 0.29) is 0 Å². The third kappa shape index (κ3) is 3.04. The lowest BCUT2D eigenvalue weighted by molar-refractivity contribution is 0.185. The second kappa shape index (κ2) is 5.59. The second-order valence-corrected chi connectivity index (χ2v) is 7.98. The highest BCUT2D eigenvalue weighted by molar-refractivity contribution is 9.11. The fraction of sp³-hybridized carbons (Fsp3) is 0.556. The number of methoxy groups -OCH3 is 1. The van der Waals surface area contributed by atoms with Crippen LogP contribution in [-0.4, -0.2) is 40.0 Å². The lowest BCUT2D eigenvalue weighted by Crippen LogP contribution is -2.29. The van der Waals surface area contributed by atoms with E-state index in [2.05, 4.69) is 15.9 Å². The first kappa shape index (κ1) is 14.1. The molecule has 92 valence electrons. The first-order chi connectivity index (χ1) is 7.39. The number of rotatable bonds is 5. The fourth-order valence-corrected chi connectivity index (χ4v) is 4.64. The van der Waals surface area contributed by atoms with Crippen LogP contribution in [0.1, 0.15) is 5.56 Å². The molecule has 0 radical (unpaired) electrons. The Kier molecular flexibility index (Phi) is 4.93. The van der Waals surface area contributed by atoms with Crippen LogP contribution in [0.4, 0.5) is 0 Å². The summed E-state index contributed by atoms with van der Waals surface area (Å²) in [4.78, 5) is 0. The predicted octanol–water partition coefficient (Wildman–Crippen LogP) is 2.09. The molecule has 0 saturated heterocycles. The molecular weight excluding hydrogens is 314 g/mol. The topological polar surface area (TPSA) is 46.6 Å². The maximum atomic E-state index is 12.1. The number of thiophene rings is 1. The molecule has 1 aromatic rings. The number of halogens is 1. The van der Waals surface area contributed by atoms with Crippen molar-refractivity contribution in [3.8, 4) is 0 Å². The highest BCUT2D eigenvalue weighted by Gasteiger charge is 2.23. The van der Waals surface area contributed by atoms with Gasteiger partial charge in [0.25, 0.3) is 10.0 Å². The van der Waals surface area contributed by atoms with Gasteiger partial charge in [-0.1, -0.05) is 0 Å². The van der Waals surface area contributed by atoms with E-state index in [9.17, 15) is 8.42 Å². The van der Waals surface area contributed by atoms with Gasteiger partial charge >= 0.3 is 0 Å². The first-order valence-electron chi connectivity index (χ1n) is 4.60. The average Bonchev–Trinajstić information content (AvgIpc) is 2.56. The summed E-state index contributed by atoms with van der Waals surface area (Å²) in [6.45, 7) is 2.61. The summed E-state index contributed by atoms with van der Waals surface area (Å²) in [5.74, 6) is 0. The molecule has 0 bridgehead atoms. The number of hydrogen-bond acceptors (Lipinski definition) is 4. The Balaban J connectivity index is 2.93. The molecule has 0 aromatic carbocycles. The van der Waals surface area contributed by atoms with Crippen molar-refractivity contribution in [2.24, 2.45) is 0 Å². The Labute approximate surface area is 108 Å². The van der Waals surface area contributed by atoms with Crippen LogP contribution in [0.5, 0.6) is 0 Å². The molecule has 0 fully saturated rings. The molecule has 0 atom stereocenters. The van der Waals surface area contributed by atoms with Gasteiger partial charge in [-0.3, -0.25) is 0 Å². The van der Waals surface area contributed by atoms with Crippen LogP contribution < -0.4 is 0 Å². The van der Waals surface area contributed by atoms with E-state index in [0.717, 1.165) is 9.35 Å². The zero-order chi connectivity index (χ0) is 12.3. The molecule has 0 aliphatic carbocycles. The van der Waals surface area contributed by atoms with E-state index in [1.165, 1.54) is 15.6 Å². The molecule has 1 rings (SSSR count). The third-order valence-electron chi connectivity index (χ3n) is 2.11. The number of likely N-dealkylation sites (N-methyl/N-ethyl adjacent to an activating group) is 1. The van der Waals surface area contributed by atoms with Crippen LogP contribution in [0.3, 0.4) is 0 Å². The number of hydrogen-bond donors (Lipinski definition) is 0. The maximum absolute atomic E-state index is 12.1. The minimum absolute atomic E-state index is 0.355. The minimum atomic E-state index is -3.37. The largest absolute Gasteiger partial charge is 0.383 e. The Morgan fingerprint density at radius 3 is 2.62 bits per heavy atom. The van der Waals surface area contributed by atoms with E-state index in [0.29, 0.717) is 17.4 Å². The molecule has 0 aliphatic rings. The molecule has 16 heavy (non-hydrogen) atoms. The van der Waals surface area contributed by atoms with Gasteiger partial charge < -0.3 is 4.74 Å². The molecule has 1 aromatic heterocycles. The molecule has 0 unspecified atom stereocenters. The number of sulfonamides is 1. The number of aryl methyl sites for hydroxylation is 1. The quantitative estimate of drug-likeness (QED) is 0.831. The molecule has 0 aliphatic heterocycles. The Bertz CT molecular complexity index is 436. The molecule has 4 nitrogen and oxygen atoms in total. The van der Waals surface area contributed by atoms with Gasteiger partial charge in [-0.25, -0.2) is 8.42 Å². The van der Waals surface area contributed by atoms with Crippen molar-refractivity contribution in [2.45, 2.75) is 11.1 Å². The van der Waals surface area contributed by atoms with Gasteiger partial charge in [0.2, 0.25) is 0 Å². The van der Waals surface area contributed by atoms with Gasteiger partial charge in [0.05, 0.1) is 10.4 Å². The predicted molar refractivity (Wildman–Crippen MR) is 68.4 cm³/mol. The van der Waals surface area contributed by atoms with Crippen LogP contribution in [0.15, 0.2) is 14.1 Å². The second-order valence-electron chi connectivity index (χ2n) is 3.34. The van der Waals surface area contributed by atoms with Crippen molar-refractivity contribution in [2.75, 3.05) is 27.3 Å². The van der Waals surface area contributed by atoms with Crippen molar-refractivity contribution in [3.05, 3.63) is 15.4 Å². The summed E-state index contributed by atoms with van der Waals surface area (Å²) in [6.07, 6.45) is 0. The van der Waals surface area contributed by atoms with Crippen LogP contribution >= 0.6 is 27.3 Å². The van der Waals surface area contributed by atoms with Crippen molar-refractivity contribution < 1.29 is 13.2 Å². The van der Waals surface area contributed by atoms with E-state index in [1.54, 1.807) is 20.2 Å². The highest BCUT2D eigenvalue weighted by Crippen LogP contribution is 2.31. The standard InChI is InChI=1S/C9H14BrNO3S2/c1-7-6-8(15-9(7)10)16(12,13)11(2)4-5-14-3/h6H,4-5H2,1-3H3. The van der Waals surface area contributed by atoms with Crippen LogP contribution in [0.25, 0.3) is 0 Å². The molecule has 7 heteroatoms. The molecule has 0 spiro atoms. The fourth-order valence-electron chi connectivity index (χ4n) is 1.05. The van der Waals surface area contributed by atoms with E-state index < -0.39 is 10.0 Å². The molecule has 1 heterocycles. The zero-order valence-corrected chi connectivity index (χ0v) is 12.6. The van der Waals surface area contributed by atoms with Crippen molar-refractivity contribution in [1.29, 1.82) is 0 Å². The Morgan fingerprint density at radius 2 is 2.19 bits per heavy atom. The summed E-state index contributed by atoms with van der Waals surface area (Å²) >= 11 is 4.55. The third-order valence-corrected chi connectivity index (χ3v) is 6.55. The Hall–Kier alpha value is 0.0500. The highest BCUT2D eigenvalue weighted by atomic mass is 79.9. The average molecular weight is 328 g/mol. The maximum Gasteiger partial charge on any atom is 0.252 e. The van der Waals surface area contributed by atoms with Crippen LogP contribution in [0, 0.1) is 6.92 Å². The van der Waals surface area contributed by atoms with E-state index in [1.807, 2.05) is 6.92 Å². The first-order valence-corrected chi connectivity index (χ1v) is 7.65. The number of ether oxygens (including phenoxy) is 1. The summed E-state index contributed by atoms with van der Waals surface area (Å²) in [7, 11) is -0.270. The molecule has 0 N–H and O–H groups in total. The Morgan fingerprint density at radius 1 is 1.56 bits per heavy atom. The van der Waals surface area contributed by atoms with Gasteiger partial charge in [-0.05, 0) is 34.5 Å². The van der Waals surface area contributed by atoms with Crippen molar-refractivity contribution in [1.82, 2.24) is 4.31 Å². The minimum Gasteiger partial charge on any atom is -0.383 e. The molecule has 0 amide bonds. The van der Waals surface area contributed by atoms with Crippen molar-refractivity contribution >= 4 is 37.3 Å². The van der Waals surface area contributed by atoms with Crippen LogP contribution in [-0.2, 0) is 14.8 Å². The van der Waals surface area contributed by atoms with Crippen molar-refractivity contribution in [3.63, 3.8) is 0 Å². The molecule has 0 saturated carbocycles. The lowest BCUT2D eigenvalue weighted by Gasteiger charge is -2.14.